The molecule has 1 rings (SSSR count). The van der Waals surface area contributed by atoms with E-state index in [1.807, 2.05) is 6.92 Å². The number of aliphatic carboxylic acids is 1. The van der Waals surface area contributed by atoms with E-state index < -0.39 is 12.0 Å². The van der Waals surface area contributed by atoms with E-state index in [0.29, 0.717) is 23.4 Å². The number of carboxylic acid groups (broad SMARTS) is 1. The molecule has 1 aromatic rings. The van der Waals surface area contributed by atoms with Crippen molar-refractivity contribution in [1.29, 1.82) is 0 Å². The Balaban J connectivity index is 2.75. The number of nitrogens with one attached hydrogen (secondary N) is 1. The van der Waals surface area contributed by atoms with Gasteiger partial charge < -0.3 is 10.4 Å². The topological polar surface area (TPSA) is 79.3 Å². The number of carbonyl (C=O) groups is 2. The predicted octanol–water partition coefficient (Wildman–Crippen LogP) is 1.30. The number of carbonyl (C=O) groups excluding carboxylic acids is 1. The second-order valence-electron chi connectivity index (χ2n) is 3.25. The summed E-state index contributed by atoms with van der Waals surface area (Å²) in [4.78, 5) is 27.1. The van der Waals surface area contributed by atoms with Gasteiger partial charge in [0.25, 0.3) is 5.91 Å². The van der Waals surface area contributed by atoms with E-state index in [4.69, 9.17) is 5.11 Å². The lowest BCUT2D eigenvalue weighted by Crippen LogP contribution is -2.40. The number of hydrogen-bond donors (Lipinski definition) is 2. The zero-order chi connectivity index (χ0) is 12.1. The van der Waals surface area contributed by atoms with Gasteiger partial charge in [0.05, 0.1) is 11.2 Å². The number of amides is 1. The van der Waals surface area contributed by atoms with Crippen LogP contribution in [0.4, 0.5) is 0 Å². The Kier molecular flexibility index (Phi) is 4.42. The minimum atomic E-state index is -1.02. The van der Waals surface area contributed by atoms with Crippen molar-refractivity contribution < 1.29 is 14.7 Å². The molecule has 0 aliphatic carbocycles. The molecule has 0 bridgehead atoms. The van der Waals surface area contributed by atoms with Crippen LogP contribution < -0.4 is 5.32 Å². The van der Waals surface area contributed by atoms with Crippen molar-refractivity contribution in [3.05, 3.63) is 16.1 Å². The van der Waals surface area contributed by atoms with Crippen molar-refractivity contribution in [2.75, 3.05) is 0 Å². The largest absolute Gasteiger partial charge is 0.480 e. The van der Waals surface area contributed by atoms with Crippen LogP contribution in [0, 0.1) is 0 Å². The molecule has 0 aromatic carbocycles. The summed E-state index contributed by atoms with van der Waals surface area (Å²) in [6.07, 6.45) is 1.03. The van der Waals surface area contributed by atoms with Crippen LogP contribution in [-0.2, 0) is 11.2 Å². The highest BCUT2D eigenvalue weighted by Gasteiger charge is 2.21. The summed E-state index contributed by atoms with van der Waals surface area (Å²) >= 11 is 1.23. The third-order valence-electron chi connectivity index (χ3n) is 2.19. The molecule has 0 aliphatic heterocycles. The highest BCUT2D eigenvalue weighted by molar-refractivity contribution is 7.11. The molecule has 0 saturated heterocycles. The molecule has 1 heterocycles. The summed E-state index contributed by atoms with van der Waals surface area (Å²) in [7, 11) is 0. The average molecular weight is 242 g/mol. The number of rotatable bonds is 5. The quantitative estimate of drug-likeness (QED) is 0.815. The Morgan fingerprint density at radius 3 is 2.75 bits per heavy atom. The molecule has 1 atom stereocenters. The molecule has 0 radical (unpaired) electrons. The SMILES string of the molecule is CCc1ncsc1C(=O)NC(CC)C(=O)O. The summed E-state index contributed by atoms with van der Waals surface area (Å²) in [5.41, 5.74) is 2.30. The van der Waals surface area contributed by atoms with Crippen molar-refractivity contribution in [1.82, 2.24) is 10.3 Å². The first-order chi connectivity index (χ1) is 7.60. The number of aryl methyl sites for hydroxylation is 1. The van der Waals surface area contributed by atoms with Gasteiger partial charge in [-0.2, -0.15) is 0 Å². The molecule has 1 amide bonds. The molecule has 2 N–H and O–H groups in total. The van der Waals surface area contributed by atoms with Gasteiger partial charge in [-0.25, -0.2) is 9.78 Å². The van der Waals surface area contributed by atoms with Gasteiger partial charge in [-0.15, -0.1) is 11.3 Å². The van der Waals surface area contributed by atoms with Crippen LogP contribution in [0.5, 0.6) is 0 Å². The molecule has 5 nitrogen and oxygen atoms in total. The van der Waals surface area contributed by atoms with Gasteiger partial charge in [0.15, 0.2) is 0 Å². The number of hydrogen-bond acceptors (Lipinski definition) is 4. The molecular weight excluding hydrogens is 228 g/mol. The van der Waals surface area contributed by atoms with Crippen LogP contribution in [0.15, 0.2) is 5.51 Å². The molecule has 16 heavy (non-hydrogen) atoms. The number of aromatic nitrogens is 1. The molecule has 6 heteroatoms. The lowest BCUT2D eigenvalue weighted by Gasteiger charge is -2.11. The molecule has 0 aliphatic rings. The molecule has 1 aromatic heterocycles. The van der Waals surface area contributed by atoms with Gasteiger partial charge in [-0.1, -0.05) is 13.8 Å². The van der Waals surface area contributed by atoms with Crippen LogP contribution in [0.1, 0.15) is 35.6 Å². The van der Waals surface area contributed by atoms with Gasteiger partial charge in [-0.05, 0) is 12.8 Å². The van der Waals surface area contributed by atoms with Gasteiger partial charge in [0.1, 0.15) is 10.9 Å². The maximum absolute atomic E-state index is 11.8. The van der Waals surface area contributed by atoms with Gasteiger partial charge in [0.2, 0.25) is 0 Å². The second-order valence-corrected chi connectivity index (χ2v) is 4.11. The Bertz CT molecular complexity index is 389. The van der Waals surface area contributed by atoms with E-state index in [1.54, 1.807) is 12.4 Å². The number of carboxylic acids is 1. The van der Waals surface area contributed by atoms with Gasteiger partial charge in [0, 0.05) is 0 Å². The van der Waals surface area contributed by atoms with E-state index in [-0.39, 0.29) is 5.91 Å². The highest BCUT2D eigenvalue weighted by atomic mass is 32.1. The summed E-state index contributed by atoms with van der Waals surface area (Å²) < 4.78 is 0. The molecule has 0 saturated carbocycles. The molecule has 1 unspecified atom stereocenters. The minimum absolute atomic E-state index is 0.353. The zero-order valence-corrected chi connectivity index (χ0v) is 10.0. The van der Waals surface area contributed by atoms with Gasteiger partial charge in [-0.3, -0.25) is 4.79 Å². The summed E-state index contributed by atoms with van der Waals surface area (Å²) in [5, 5.41) is 11.3. The highest BCUT2D eigenvalue weighted by Crippen LogP contribution is 2.14. The standard InChI is InChI=1S/C10H14N2O3S/c1-3-6-8(16-5-11-6)9(13)12-7(4-2)10(14)15/h5,7H,3-4H2,1-2H3,(H,12,13)(H,14,15). The maximum atomic E-state index is 11.8. The van der Waals surface area contributed by atoms with Crippen LogP contribution >= 0.6 is 11.3 Å². The maximum Gasteiger partial charge on any atom is 0.326 e. The summed E-state index contributed by atoms with van der Waals surface area (Å²) in [5.74, 6) is -1.37. The van der Waals surface area contributed by atoms with Crippen molar-refractivity contribution in [2.24, 2.45) is 0 Å². The molecule has 0 fully saturated rings. The lowest BCUT2D eigenvalue weighted by atomic mass is 10.2. The van der Waals surface area contributed by atoms with E-state index >= 15 is 0 Å². The van der Waals surface area contributed by atoms with Crippen LogP contribution in [0.25, 0.3) is 0 Å². The summed E-state index contributed by atoms with van der Waals surface area (Å²) in [6.45, 7) is 3.62. The number of nitrogens with zero attached hydrogens (tertiary/aromatic N) is 1. The second kappa shape index (κ2) is 5.60. The Labute approximate surface area is 97.5 Å². The Morgan fingerprint density at radius 2 is 2.25 bits per heavy atom. The first kappa shape index (κ1) is 12.6. The molecular formula is C10H14N2O3S. The lowest BCUT2D eigenvalue weighted by molar-refractivity contribution is -0.139. The molecule has 88 valence electrons. The monoisotopic (exact) mass is 242 g/mol. The number of thiazole rings is 1. The van der Waals surface area contributed by atoms with E-state index in [1.165, 1.54) is 11.3 Å². The normalized spacial score (nSPS) is 12.1. The fourth-order valence-electron chi connectivity index (χ4n) is 1.27. The average Bonchev–Trinajstić information content (AvgIpc) is 2.72. The van der Waals surface area contributed by atoms with Crippen molar-refractivity contribution in [3.8, 4) is 0 Å². The smallest absolute Gasteiger partial charge is 0.326 e. The van der Waals surface area contributed by atoms with E-state index in [2.05, 4.69) is 10.3 Å². The van der Waals surface area contributed by atoms with E-state index in [0.717, 1.165) is 0 Å². The third kappa shape index (κ3) is 2.79. The van der Waals surface area contributed by atoms with Crippen molar-refractivity contribution in [3.63, 3.8) is 0 Å². The molecule has 0 spiro atoms. The third-order valence-corrected chi connectivity index (χ3v) is 3.06. The fraction of sp³-hybridized carbons (Fsp3) is 0.500. The van der Waals surface area contributed by atoms with Gasteiger partial charge >= 0.3 is 5.97 Å². The Hall–Kier alpha value is -1.43. The first-order valence-electron chi connectivity index (χ1n) is 5.06. The fourth-order valence-corrected chi connectivity index (χ4v) is 2.05. The predicted molar refractivity (Wildman–Crippen MR) is 60.7 cm³/mol. The van der Waals surface area contributed by atoms with Crippen molar-refractivity contribution in [2.45, 2.75) is 32.7 Å². The summed E-state index contributed by atoms with van der Waals surface area (Å²) in [6, 6.07) is -0.834. The zero-order valence-electron chi connectivity index (χ0n) is 9.19. The van der Waals surface area contributed by atoms with Crippen LogP contribution in [0.3, 0.4) is 0 Å². The van der Waals surface area contributed by atoms with Crippen LogP contribution in [-0.4, -0.2) is 28.0 Å². The van der Waals surface area contributed by atoms with E-state index in [9.17, 15) is 9.59 Å². The first-order valence-corrected chi connectivity index (χ1v) is 5.94. The van der Waals surface area contributed by atoms with Crippen molar-refractivity contribution >= 4 is 23.2 Å². The van der Waals surface area contributed by atoms with Crippen LogP contribution in [0.2, 0.25) is 0 Å². The minimum Gasteiger partial charge on any atom is -0.480 e. The Morgan fingerprint density at radius 1 is 1.56 bits per heavy atom.